The first-order valence-corrected chi connectivity index (χ1v) is 5.23. The van der Waals surface area contributed by atoms with E-state index in [2.05, 4.69) is 4.90 Å². The van der Waals surface area contributed by atoms with Crippen LogP contribution >= 0.6 is 0 Å². The Morgan fingerprint density at radius 2 is 1.83 bits per heavy atom. The van der Waals surface area contributed by atoms with Gasteiger partial charge in [-0.2, -0.15) is 0 Å². The molecule has 2 fully saturated rings. The standard InChI is InChI=1S/C10H19NO/c12-10(5-6-10)4-3-9-11-7-1-2-8-11/h12H,1-9H2. The molecule has 0 spiro atoms. The second-order valence-electron chi connectivity index (χ2n) is 4.38. The Balaban J connectivity index is 1.56. The maximum Gasteiger partial charge on any atom is 0.0650 e. The average molecular weight is 169 g/mol. The second-order valence-corrected chi connectivity index (χ2v) is 4.38. The van der Waals surface area contributed by atoms with Crippen molar-refractivity contribution in [2.45, 2.75) is 44.1 Å². The third kappa shape index (κ3) is 2.20. The molecule has 1 aliphatic heterocycles. The van der Waals surface area contributed by atoms with E-state index in [9.17, 15) is 5.11 Å². The summed E-state index contributed by atoms with van der Waals surface area (Å²) in [5, 5.41) is 9.58. The molecule has 0 amide bonds. The largest absolute Gasteiger partial charge is 0.390 e. The van der Waals surface area contributed by atoms with Crippen molar-refractivity contribution in [3.8, 4) is 0 Å². The quantitative estimate of drug-likeness (QED) is 0.687. The van der Waals surface area contributed by atoms with Gasteiger partial charge in [0.15, 0.2) is 0 Å². The highest BCUT2D eigenvalue weighted by Gasteiger charge is 2.39. The number of likely N-dealkylation sites (tertiary alicyclic amines) is 1. The third-order valence-corrected chi connectivity index (χ3v) is 3.14. The molecule has 0 unspecified atom stereocenters. The fraction of sp³-hybridized carbons (Fsp3) is 1.00. The Morgan fingerprint density at radius 1 is 1.17 bits per heavy atom. The summed E-state index contributed by atoms with van der Waals surface area (Å²) in [7, 11) is 0. The molecule has 2 nitrogen and oxygen atoms in total. The van der Waals surface area contributed by atoms with E-state index in [1.165, 1.54) is 38.9 Å². The molecule has 1 saturated carbocycles. The Bertz CT molecular complexity index is 148. The SMILES string of the molecule is OC1(CCCN2CCCC2)CC1. The van der Waals surface area contributed by atoms with E-state index in [0.717, 1.165) is 19.3 Å². The molecular weight excluding hydrogens is 150 g/mol. The van der Waals surface area contributed by atoms with Gasteiger partial charge in [-0.1, -0.05) is 0 Å². The number of hydrogen-bond acceptors (Lipinski definition) is 2. The zero-order valence-electron chi connectivity index (χ0n) is 7.76. The molecule has 0 aromatic carbocycles. The predicted molar refractivity (Wildman–Crippen MR) is 49.1 cm³/mol. The maximum atomic E-state index is 9.58. The van der Waals surface area contributed by atoms with Crippen molar-refractivity contribution in [2.75, 3.05) is 19.6 Å². The maximum absolute atomic E-state index is 9.58. The topological polar surface area (TPSA) is 23.5 Å². The Labute approximate surface area is 74.6 Å². The highest BCUT2D eigenvalue weighted by molar-refractivity contribution is 4.93. The van der Waals surface area contributed by atoms with Crippen molar-refractivity contribution in [1.29, 1.82) is 0 Å². The lowest BCUT2D eigenvalue weighted by atomic mass is 10.2. The number of rotatable bonds is 4. The van der Waals surface area contributed by atoms with Crippen molar-refractivity contribution in [3.05, 3.63) is 0 Å². The summed E-state index contributed by atoms with van der Waals surface area (Å²) in [6, 6.07) is 0. The van der Waals surface area contributed by atoms with Crippen LogP contribution in [0.15, 0.2) is 0 Å². The van der Waals surface area contributed by atoms with Crippen molar-refractivity contribution < 1.29 is 5.11 Å². The molecule has 2 rings (SSSR count). The van der Waals surface area contributed by atoms with Gasteiger partial charge in [0.2, 0.25) is 0 Å². The molecule has 1 heterocycles. The average Bonchev–Trinajstić information content (AvgIpc) is 2.61. The van der Waals surface area contributed by atoms with Crippen molar-refractivity contribution in [1.82, 2.24) is 4.90 Å². The van der Waals surface area contributed by atoms with E-state index in [4.69, 9.17) is 0 Å². The van der Waals surface area contributed by atoms with E-state index in [1.54, 1.807) is 0 Å². The number of hydrogen-bond donors (Lipinski definition) is 1. The first kappa shape index (κ1) is 8.52. The van der Waals surface area contributed by atoms with Crippen LogP contribution in [-0.2, 0) is 0 Å². The van der Waals surface area contributed by atoms with Crippen LogP contribution in [0.2, 0.25) is 0 Å². The molecule has 0 atom stereocenters. The Kier molecular flexibility index (Phi) is 2.37. The monoisotopic (exact) mass is 169 g/mol. The van der Waals surface area contributed by atoms with Crippen LogP contribution in [0.1, 0.15) is 38.5 Å². The Morgan fingerprint density at radius 3 is 2.42 bits per heavy atom. The van der Waals surface area contributed by atoms with Crippen molar-refractivity contribution >= 4 is 0 Å². The molecule has 0 radical (unpaired) electrons. The molecule has 2 aliphatic rings. The summed E-state index contributed by atoms with van der Waals surface area (Å²) in [4.78, 5) is 2.52. The Hall–Kier alpha value is -0.0800. The molecule has 0 aromatic heterocycles. The van der Waals surface area contributed by atoms with Gasteiger partial charge in [-0.05, 0) is 58.2 Å². The molecule has 1 N–H and O–H groups in total. The summed E-state index contributed by atoms with van der Waals surface area (Å²) in [5.41, 5.74) is -0.222. The zero-order valence-corrected chi connectivity index (χ0v) is 7.76. The highest BCUT2D eigenvalue weighted by Crippen LogP contribution is 2.39. The number of aliphatic hydroxyl groups is 1. The zero-order chi connectivity index (χ0) is 8.44. The molecule has 2 heteroatoms. The highest BCUT2D eigenvalue weighted by atomic mass is 16.3. The minimum absolute atomic E-state index is 0.222. The summed E-state index contributed by atoms with van der Waals surface area (Å²) in [5.74, 6) is 0. The van der Waals surface area contributed by atoms with Crippen LogP contribution in [0.25, 0.3) is 0 Å². The normalized spacial score (nSPS) is 27.8. The van der Waals surface area contributed by atoms with Gasteiger partial charge in [0.25, 0.3) is 0 Å². The van der Waals surface area contributed by atoms with E-state index < -0.39 is 0 Å². The van der Waals surface area contributed by atoms with Gasteiger partial charge in [0, 0.05) is 0 Å². The van der Waals surface area contributed by atoms with Crippen LogP contribution in [0, 0.1) is 0 Å². The summed E-state index contributed by atoms with van der Waals surface area (Å²) < 4.78 is 0. The minimum Gasteiger partial charge on any atom is -0.390 e. The number of nitrogens with zero attached hydrogens (tertiary/aromatic N) is 1. The van der Waals surface area contributed by atoms with Crippen LogP contribution in [0.3, 0.4) is 0 Å². The molecule has 0 aromatic rings. The molecule has 12 heavy (non-hydrogen) atoms. The van der Waals surface area contributed by atoms with E-state index >= 15 is 0 Å². The summed E-state index contributed by atoms with van der Waals surface area (Å²) in [6.45, 7) is 3.79. The molecule has 70 valence electrons. The smallest absolute Gasteiger partial charge is 0.0650 e. The van der Waals surface area contributed by atoms with E-state index in [-0.39, 0.29) is 5.60 Å². The lowest BCUT2D eigenvalue weighted by Crippen LogP contribution is -2.21. The van der Waals surface area contributed by atoms with Gasteiger partial charge in [-0.25, -0.2) is 0 Å². The first-order chi connectivity index (χ1) is 5.79. The second kappa shape index (κ2) is 3.35. The van der Waals surface area contributed by atoms with E-state index in [1.807, 2.05) is 0 Å². The molecular formula is C10H19NO. The van der Waals surface area contributed by atoms with Gasteiger partial charge < -0.3 is 10.0 Å². The fourth-order valence-corrected chi connectivity index (χ4v) is 2.03. The molecule has 1 aliphatic carbocycles. The molecule has 1 saturated heterocycles. The lowest BCUT2D eigenvalue weighted by molar-refractivity contribution is 0.132. The van der Waals surface area contributed by atoms with Gasteiger partial charge in [-0.3, -0.25) is 0 Å². The first-order valence-electron chi connectivity index (χ1n) is 5.23. The summed E-state index contributed by atoms with van der Waals surface area (Å²) >= 11 is 0. The van der Waals surface area contributed by atoms with Crippen LogP contribution < -0.4 is 0 Å². The van der Waals surface area contributed by atoms with Gasteiger partial charge in [0.1, 0.15) is 0 Å². The van der Waals surface area contributed by atoms with Crippen LogP contribution in [0.5, 0.6) is 0 Å². The predicted octanol–water partition coefficient (Wildman–Crippen LogP) is 1.39. The van der Waals surface area contributed by atoms with Crippen molar-refractivity contribution in [2.24, 2.45) is 0 Å². The minimum atomic E-state index is -0.222. The molecule has 0 bridgehead atoms. The summed E-state index contributed by atoms with van der Waals surface area (Å²) in [6.07, 6.45) is 7.08. The van der Waals surface area contributed by atoms with E-state index in [0.29, 0.717) is 0 Å². The van der Waals surface area contributed by atoms with Gasteiger partial charge in [-0.15, -0.1) is 0 Å². The van der Waals surface area contributed by atoms with Gasteiger partial charge >= 0.3 is 0 Å². The van der Waals surface area contributed by atoms with Gasteiger partial charge in [0.05, 0.1) is 5.60 Å². The van der Waals surface area contributed by atoms with Crippen LogP contribution in [-0.4, -0.2) is 35.2 Å². The third-order valence-electron chi connectivity index (χ3n) is 3.14. The van der Waals surface area contributed by atoms with Crippen molar-refractivity contribution in [3.63, 3.8) is 0 Å². The lowest BCUT2D eigenvalue weighted by Gasteiger charge is -2.15. The van der Waals surface area contributed by atoms with Crippen LogP contribution in [0.4, 0.5) is 0 Å². The fourth-order valence-electron chi connectivity index (χ4n) is 2.03.